The van der Waals surface area contributed by atoms with Crippen LogP contribution in [0.3, 0.4) is 0 Å². The van der Waals surface area contributed by atoms with E-state index < -0.39 is 5.97 Å². The molecule has 17 heavy (non-hydrogen) atoms. The summed E-state index contributed by atoms with van der Waals surface area (Å²) in [6.07, 6.45) is 2.16. The Labute approximate surface area is 102 Å². The van der Waals surface area contributed by atoms with Crippen LogP contribution in [0, 0.1) is 6.92 Å². The summed E-state index contributed by atoms with van der Waals surface area (Å²) >= 11 is 0. The van der Waals surface area contributed by atoms with Crippen molar-refractivity contribution in [3.8, 4) is 0 Å². The highest BCUT2D eigenvalue weighted by Gasteiger charge is 2.17. The minimum absolute atomic E-state index is 0.0537. The van der Waals surface area contributed by atoms with Gasteiger partial charge in [-0.1, -0.05) is 13.8 Å². The first-order chi connectivity index (χ1) is 7.99. The third-order valence-electron chi connectivity index (χ3n) is 3.13. The molecule has 0 aromatic carbocycles. The van der Waals surface area contributed by atoms with Crippen LogP contribution < -0.4 is 0 Å². The lowest BCUT2D eigenvalue weighted by molar-refractivity contribution is 0.0656. The Bertz CT molecular complexity index is 380. The summed E-state index contributed by atoms with van der Waals surface area (Å²) in [5, 5.41) is 8.91. The zero-order chi connectivity index (χ0) is 13.0. The van der Waals surface area contributed by atoms with Gasteiger partial charge in [0.15, 0.2) is 0 Å². The molecule has 0 radical (unpaired) electrons. The maximum Gasteiger partial charge on any atom is 0.372 e. The van der Waals surface area contributed by atoms with Gasteiger partial charge in [-0.25, -0.2) is 4.79 Å². The molecule has 0 unspecified atom stereocenters. The van der Waals surface area contributed by atoms with E-state index in [0.717, 1.165) is 12.8 Å². The molecule has 1 aromatic rings. The van der Waals surface area contributed by atoms with E-state index in [1.165, 1.54) is 0 Å². The van der Waals surface area contributed by atoms with Crippen LogP contribution in [-0.2, 0) is 6.54 Å². The van der Waals surface area contributed by atoms with Crippen molar-refractivity contribution in [1.82, 2.24) is 4.90 Å². The molecule has 0 aliphatic rings. The lowest BCUT2D eigenvalue weighted by Crippen LogP contribution is -2.29. The van der Waals surface area contributed by atoms with Crippen LogP contribution in [0.15, 0.2) is 10.5 Å². The number of hydrogen-bond acceptors (Lipinski definition) is 3. The van der Waals surface area contributed by atoms with E-state index in [1.54, 1.807) is 6.92 Å². The average Bonchev–Trinajstić information content (AvgIpc) is 2.61. The predicted molar refractivity (Wildman–Crippen MR) is 66.2 cm³/mol. The van der Waals surface area contributed by atoms with Gasteiger partial charge in [-0.3, -0.25) is 4.90 Å². The normalized spacial score (nSPS) is 11.4. The van der Waals surface area contributed by atoms with Crippen molar-refractivity contribution < 1.29 is 14.3 Å². The number of carboxylic acids is 1. The van der Waals surface area contributed by atoms with E-state index in [2.05, 4.69) is 18.7 Å². The van der Waals surface area contributed by atoms with Crippen LogP contribution in [0.5, 0.6) is 0 Å². The molecule has 1 N–H and O–H groups in total. The van der Waals surface area contributed by atoms with E-state index >= 15 is 0 Å². The fourth-order valence-electron chi connectivity index (χ4n) is 2.13. The molecule has 1 aromatic heterocycles. The van der Waals surface area contributed by atoms with Gasteiger partial charge in [0.25, 0.3) is 0 Å². The summed E-state index contributed by atoms with van der Waals surface area (Å²) in [5.41, 5.74) is 0.686. The largest absolute Gasteiger partial charge is 0.475 e. The van der Waals surface area contributed by atoms with Crippen LogP contribution in [0.2, 0.25) is 0 Å². The second-order valence-corrected chi connectivity index (χ2v) is 4.42. The van der Waals surface area contributed by atoms with Crippen LogP contribution in [0.1, 0.15) is 48.6 Å². The van der Waals surface area contributed by atoms with Gasteiger partial charge in [0.2, 0.25) is 5.76 Å². The lowest BCUT2D eigenvalue weighted by Gasteiger charge is -2.24. The summed E-state index contributed by atoms with van der Waals surface area (Å²) < 4.78 is 5.34. The number of aromatic carboxylic acids is 1. The second kappa shape index (κ2) is 5.87. The maximum atomic E-state index is 10.9. The molecular weight excluding hydrogens is 218 g/mol. The predicted octanol–water partition coefficient (Wildman–Crippen LogP) is 2.91. The Morgan fingerprint density at radius 1 is 1.47 bits per heavy atom. The highest BCUT2D eigenvalue weighted by atomic mass is 16.4. The maximum absolute atomic E-state index is 10.9. The van der Waals surface area contributed by atoms with Crippen LogP contribution in [0.25, 0.3) is 0 Å². The Morgan fingerprint density at radius 3 is 2.47 bits per heavy atom. The molecule has 0 atom stereocenters. The fraction of sp³-hybridized carbons (Fsp3) is 0.615. The molecule has 0 bridgehead atoms. The molecule has 1 rings (SSSR count). The van der Waals surface area contributed by atoms with Gasteiger partial charge in [-0.2, -0.15) is 0 Å². The lowest BCUT2D eigenvalue weighted by atomic mass is 10.1. The number of nitrogens with zero attached hydrogens (tertiary/aromatic N) is 1. The third-order valence-corrected chi connectivity index (χ3v) is 3.13. The molecule has 96 valence electrons. The Hall–Kier alpha value is -1.29. The number of carbonyl (C=O) groups is 1. The first-order valence-corrected chi connectivity index (χ1v) is 6.02. The molecular formula is C13H21NO3. The molecule has 4 heteroatoms. The Kier molecular flexibility index (Phi) is 4.75. The highest BCUT2D eigenvalue weighted by Crippen LogP contribution is 2.18. The summed E-state index contributed by atoms with van der Waals surface area (Å²) in [6, 6.07) is 2.32. The van der Waals surface area contributed by atoms with Gasteiger partial charge in [0, 0.05) is 11.6 Å². The number of rotatable bonds is 6. The number of carboxylic acid groups (broad SMARTS) is 1. The fourth-order valence-corrected chi connectivity index (χ4v) is 2.13. The van der Waals surface area contributed by atoms with Gasteiger partial charge in [0.1, 0.15) is 5.76 Å². The monoisotopic (exact) mass is 239 g/mol. The van der Waals surface area contributed by atoms with Gasteiger partial charge >= 0.3 is 5.97 Å². The minimum Gasteiger partial charge on any atom is -0.475 e. The summed E-state index contributed by atoms with van der Waals surface area (Å²) in [7, 11) is 2.04. The quantitative estimate of drug-likeness (QED) is 0.829. The number of hydrogen-bond donors (Lipinski definition) is 1. The Balaban J connectivity index is 2.75. The third kappa shape index (κ3) is 3.33. The first-order valence-electron chi connectivity index (χ1n) is 6.02. The van der Waals surface area contributed by atoms with Gasteiger partial charge < -0.3 is 9.52 Å². The minimum atomic E-state index is -1.00. The van der Waals surface area contributed by atoms with E-state index in [9.17, 15) is 4.79 Å². The number of aryl methyl sites for hydroxylation is 1. The average molecular weight is 239 g/mol. The van der Waals surface area contributed by atoms with Gasteiger partial charge in [-0.05, 0) is 32.9 Å². The first kappa shape index (κ1) is 13.8. The van der Waals surface area contributed by atoms with Crippen molar-refractivity contribution in [2.75, 3.05) is 7.05 Å². The number of furan rings is 1. The van der Waals surface area contributed by atoms with Crippen molar-refractivity contribution in [3.05, 3.63) is 23.2 Å². The topological polar surface area (TPSA) is 53.7 Å². The van der Waals surface area contributed by atoms with E-state index in [1.807, 2.05) is 13.1 Å². The Morgan fingerprint density at radius 2 is 2.06 bits per heavy atom. The summed E-state index contributed by atoms with van der Waals surface area (Å²) in [5.74, 6) is -0.230. The standard InChI is InChI=1S/C13H21NO3/c1-5-10(6-2)14(4)8-11-7-9(3)12(17-11)13(15)16/h7,10H,5-6,8H2,1-4H3,(H,15,16). The smallest absolute Gasteiger partial charge is 0.372 e. The molecule has 1 heterocycles. The van der Waals surface area contributed by atoms with Crippen molar-refractivity contribution in [1.29, 1.82) is 0 Å². The van der Waals surface area contributed by atoms with Gasteiger partial charge in [-0.15, -0.1) is 0 Å². The SMILES string of the molecule is CCC(CC)N(C)Cc1cc(C)c(C(=O)O)o1. The van der Waals surface area contributed by atoms with E-state index in [4.69, 9.17) is 9.52 Å². The van der Waals surface area contributed by atoms with Crippen LogP contribution in [-0.4, -0.2) is 29.1 Å². The summed E-state index contributed by atoms with van der Waals surface area (Å²) in [6.45, 7) is 6.72. The molecule has 0 spiro atoms. The van der Waals surface area contributed by atoms with Crippen molar-refractivity contribution in [3.63, 3.8) is 0 Å². The second-order valence-electron chi connectivity index (χ2n) is 4.42. The molecule has 0 aliphatic carbocycles. The zero-order valence-corrected chi connectivity index (χ0v) is 11.0. The molecule has 0 amide bonds. The van der Waals surface area contributed by atoms with Crippen molar-refractivity contribution in [2.24, 2.45) is 0 Å². The van der Waals surface area contributed by atoms with E-state index in [-0.39, 0.29) is 5.76 Å². The van der Waals surface area contributed by atoms with E-state index in [0.29, 0.717) is 23.9 Å². The van der Waals surface area contributed by atoms with Crippen LogP contribution in [0.4, 0.5) is 0 Å². The molecule has 4 nitrogen and oxygen atoms in total. The molecule has 0 fully saturated rings. The van der Waals surface area contributed by atoms with Crippen molar-refractivity contribution >= 4 is 5.97 Å². The molecule has 0 saturated heterocycles. The summed E-state index contributed by atoms with van der Waals surface area (Å²) in [4.78, 5) is 13.1. The molecule has 0 aliphatic heterocycles. The zero-order valence-electron chi connectivity index (χ0n) is 11.0. The van der Waals surface area contributed by atoms with Gasteiger partial charge in [0.05, 0.1) is 6.54 Å². The molecule has 0 saturated carbocycles. The highest BCUT2D eigenvalue weighted by molar-refractivity contribution is 5.86. The van der Waals surface area contributed by atoms with Crippen molar-refractivity contribution in [2.45, 2.75) is 46.2 Å². The van der Waals surface area contributed by atoms with Crippen LogP contribution >= 0.6 is 0 Å².